The minimum absolute atomic E-state index is 0.205. The summed E-state index contributed by atoms with van der Waals surface area (Å²) < 4.78 is 39.4. The van der Waals surface area contributed by atoms with Gasteiger partial charge in [-0.15, -0.1) is 0 Å². The van der Waals surface area contributed by atoms with Crippen molar-refractivity contribution in [3.8, 4) is 0 Å². The van der Waals surface area contributed by atoms with E-state index in [1.807, 2.05) is 19.9 Å². The van der Waals surface area contributed by atoms with Gasteiger partial charge in [0.25, 0.3) is 0 Å². The standard InChI is InChI=1S/C23H30N2O5S/c1-17(2)15-19(25-31(27,28)20-11-7-4-8-12-20)16-24-21-13-14-29-23(21)30-22(26)18-9-5-3-6-10-18/h3-12,17,19,21,23-25H,13-16H2,1-2H3/t19-,21+,23+/m1/s1. The fourth-order valence-corrected chi connectivity index (χ4v) is 4.82. The number of hydrogen-bond acceptors (Lipinski definition) is 6. The van der Waals surface area contributed by atoms with Crippen molar-refractivity contribution < 1.29 is 22.7 Å². The van der Waals surface area contributed by atoms with Crippen LogP contribution in [0.4, 0.5) is 0 Å². The molecular formula is C23H30N2O5S. The summed E-state index contributed by atoms with van der Waals surface area (Å²) in [4.78, 5) is 12.6. The molecule has 2 N–H and O–H groups in total. The van der Waals surface area contributed by atoms with Crippen LogP contribution in [0.1, 0.15) is 37.0 Å². The van der Waals surface area contributed by atoms with Gasteiger partial charge >= 0.3 is 5.97 Å². The molecule has 0 unspecified atom stereocenters. The lowest BCUT2D eigenvalue weighted by Crippen LogP contribution is -2.48. The van der Waals surface area contributed by atoms with Crippen LogP contribution in [0.2, 0.25) is 0 Å². The molecule has 2 aromatic carbocycles. The molecule has 0 amide bonds. The van der Waals surface area contributed by atoms with Crippen LogP contribution >= 0.6 is 0 Å². The highest BCUT2D eigenvalue weighted by atomic mass is 32.2. The molecule has 0 radical (unpaired) electrons. The number of carbonyl (C=O) groups is 1. The highest BCUT2D eigenvalue weighted by molar-refractivity contribution is 7.89. The van der Waals surface area contributed by atoms with Gasteiger partial charge in [-0.3, -0.25) is 0 Å². The third kappa shape index (κ3) is 6.87. The highest BCUT2D eigenvalue weighted by Gasteiger charge is 2.32. The van der Waals surface area contributed by atoms with Gasteiger partial charge in [-0.05, 0) is 43.0 Å². The first-order chi connectivity index (χ1) is 14.8. The van der Waals surface area contributed by atoms with Gasteiger partial charge in [-0.2, -0.15) is 0 Å². The molecule has 0 aromatic heterocycles. The molecule has 0 aliphatic carbocycles. The van der Waals surface area contributed by atoms with E-state index in [-0.39, 0.29) is 17.0 Å². The highest BCUT2D eigenvalue weighted by Crippen LogP contribution is 2.18. The second-order valence-electron chi connectivity index (χ2n) is 8.07. The number of nitrogens with one attached hydrogen (secondary N) is 2. The van der Waals surface area contributed by atoms with Crippen LogP contribution in [-0.4, -0.2) is 45.9 Å². The molecule has 7 nitrogen and oxygen atoms in total. The van der Waals surface area contributed by atoms with E-state index in [1.165, 1.54) is 0 Å². The number of esters is 1. The Morgan fingerprint density at radius 2 is 1.74 bits per heavy atom. The molecule has 1 fully saturated rings. The molecule has 1 aliphatic heterocycles. The summed E-state index contributed by atoms with van der Waals surface area (Å²) in [7, 11) is -3.63. The minimum atomic E-state index is -3.63. The summed E-state index contributed by atoms with van der Waals surface area (Å²) in [6.45, 7) is 4.96. The average molecular weight is 447 g/mol. The lowest BCUT2D eigenvalue weighted by atomic mass is 10.0. The molecule has 1 aliphatic rings. The molecule has 0 saturated carbocycles. The van der Waals surface area contributed by atoms with Gasteiger partial charge in [0.15, 0.2) is 0 Å². The van der Waals surface area contributed by atoms with Crippen molar-refractivity contribution in [3.63, 3.8) is 0 Å². The van der Waals surface area contributed by atoms with Gasteiger partial charge in [0.2, 0.25) is 16.3 Å². The maximum Gasteiger partial charge on any atom is 0.340 e. The first-order valence-electron chi connectivity index (χ1n) is 10.5. The summed E-state index contributed by atoms with van der Waals surface area (Å²) in [5, 5.41) is 3.34. The number of rotatable bonds is 10. The first kappa shape index (κ1) is 23.4. The molecule has 31 heavy (non-hydrogen) atoms. The van der Waals surface area contributed by atoms with Gasteiger partial charge in [0.1, 0.15) is 0 Å². The van der Waals surface area contributed by atoms with Crippen molar-refractivity contribution in [1.82, 2.24) is 10.0 Å². The van der Waals surface area contributed by atoms with Crippen molar-refractivity contribution in [2.24, 2.45) is 5.92 Å². The van der Waals surface area contributed by atoms with Crippen molar-refractivity contribution in [1.29, 1.82) is 0 Å². The summed E-state index contributed by atoms with van der Waals surface area (Å²) >= 11 is 0. The Hall–Kier alpha value is -2.26. The number of carbonyl (C=O) groups excluding carboxylic acids is 1. The molecule has 1 saturated heterocycles. The van der Waals surface area contributed by atoms with Crippen LogP contribution < -0.4 is 10.0 Å². The molecule has 2 aromatic rings. The van der Waals surface area contributed by atoms with Crippen LogP contribution in [0.5, 0.6) is 0 Å². The summed E-state index contributed by atoms with van der Waals surface area (Å²) in [6.07, 6.45) is 0.631. The van der Waals surface area contributed by atoms with Crippen molar-refractivity contribution >= 4 is 16.0 Å². The van der Waals surface area contributed by atoms with Crippen molar-refractivity contribution in [3.05, 3.63) is 66.2 Å². The third-order valence-electron chi connectivity index (χ3n) is 5.03. The fraction of sp³-hybridized carbons (Fsp3) is 0.435. The second-order valence-corrected chi connectivity index (χ2v) is 9.79. The van der Waals surface area contributed by atoms with Crippen LogP contribution in [0.25, 0.3) is 0 Å². The summed E-state index contributed by atoms with van der Waals surface area (Å²) in [5.74, 6) is -0.139. The Kier molecular flexibility index (Phi) is 8.20. The smallest absolute Gasteiger partial charge is 0.340 e. The van der Waals surface area contributed by atoms with E-state index in [0.29, 0.717) is 37.5 Å². The zero-order chi connectivity index (χ0) is 22.3. The number of sulfonamides is 1. The van der Waals surface area contributed by atoms with E-state index in [2.05, 4.69) is 10.0 Å². The minimum Gasteiger partial charge on any atom is -0.430 e. The summed E-state index contributed by atoms with van der Waals surface area (Å²) in [6, 6.07) is 16.6. The number of hydrogen-bond donors (Lipinski definition) is 2. The normalized spacial score (nSPS) is 20.0. The summed E-state index contributed by atoms with van der Waals surface area (Å²) in [5.41, 5.74) is 0.463. The zero-order valence-electron chi connectivity index (χ0n) is 17.9. The number of benzene rings is 2. The predicted octanol–water partition coefficient (Wildman–Crippen LogP) is 2.94. The molecule has 0 bridgehead atoms. The van der Waals surface area contributed by atoms with E-state index in [0.717, 1.165) is 0 Å². The van der Waals surface area contributed by atoms with Gasteiger partial charge in [0, 0.05) is 12.6 Å². The van der Waals surface area contributed by atoms with E-state index in [4.69, 9.17) is 9.47 Å². The largest absolute Gasteiger partial charge is 0.430 e. The van der Waals surface area contributed by atoms with E-state index in [9.17, 15) is 13.2 Å². The van der Waals surface area contributed by atoms with E-state index >= 15 is 0 Å². The molecular weight excluding hydrogens is 416 g/mol. The Balaban J connectivity index is 1.60. The first-order valence-corrected chi connectivity index (χ1v) is 12.0. The molecule has 168 valence electrons. The van der Waals surface area contributed by atoms with Crippen LogP contribution in [-0.2, 0) is 19.5 Å². The molecule has 0 spiro atoms. The Labute approximate surface area is 184 Å². The van der Waals surface area contributed by atoms with Crippen molar-refractivity contribution in [2.75, 3.05) is 13.2 Å². The molecule has 3 rings (SSSR count). The third-order valence-corrected chi connectivity index (χ3v) is 6.57. The van der Waals surface area contributed by atoms with Gasteiger partial charge < -0.3 is 14.8 Å². The zero-order valence-corrected chi connectivity index (χ0v) is 18.7. The van der Waals surface area contributed by atoms with E-state index in [1.54, 1.807) is 54.6 Å². The quantitative estimate of drug-likeness (QED) is 0.545. The van der Waals surface area contributed by atoms with Crippen LogP contribution in [0, 0.1) is 5.92 Å². The predicted molar refractivity (Wildman–Crippen MR) is 118 cm³/mol. The van der Waals surface area contributed by atoms with Gasteiger partial charge in [-0.25, -0.2) is 17.9 Å². The van der Waals surface area contributed by atoms with Gasteiger partial charge in [0.05, 0.1) is 23.1 Å². The second kappa shape index (κ2) is 10.9. The Bertz CT molecular complexity index is 935. The average Bonchev–Trinajstić information content (AvgIpc) is 3.19. The van der Waals surface area contributed by atoms with Gasteiger partial charge in [-0.1, -0.05) is 50.2 Å². The topological polar surface area (TPSA) is 93.7 Å². The Morgan fingerprint density at radius 3 is 2.39 bits per heavy atom. The fourth-order valence-electron chi connectivity index (χ4n) is 3.55. The Morgan fingerprint density at radius 1 is 1.10 bits per heavy atom. The van der Waals surface area contributed by atoms with Crippen LogP contribution in [0.15, 0.2) is 65.6 Å². The molecule has 3 atom stereocenters. The lowest BCUT2D eigenvalue weighted by Gasteiger charge is -2.25. The molecule has 1 heterocycles. The lowest BCUT2D eigenvalue weighted by molar-refractivity contribution is -0.0879. The maximum absolute atomic E-state index is 12.8. The maximum atomic E-state index is 12.8. The number of ether oxygens (including phenoxy) is 2. The van der Waals surface area contributed by atoms with E-state index < -0.39 is 22.3 Å². The SMILES string of the molecule is CC(C)C[C@H](CN[C@H]1CCO[C@H]1OC(=O)c1ccccc1)NS(=O)(=O)c1ccccc1. The van der Waals surface area contributed by atoms with Crippen LogP contribution in [0.3, 0.4) is 0 Å². The van der Waals surface area contributed by atoms with Crippen molar-refractivity contribution in [2.45, 2.75) is 50.0 Å². The monoisotopic (exact) mass is 446 g/mol. The molecule has 8 heteroatoms.